The summed E-state index contributed by atoms with van der Waals surface area (Å²) in [6, 6.07) is 5.75. The second-order valence-corrected chi connectivity index (χ2v) is 5.37. The monoisotopic (exact) mass is 243 g/mol. The molecule has 1 aromatic rings. The van der Waals surface area contributed by atoms with Crippen molar-refractivity contribution in [3.05, 3.63) is 29.5 Å². The number of hydrogen-bond donors (Lipinski definition) is 2. The molecule has 0 saturated carbocycles. The lowest BCUT2D eigenvalue weighted by molar-refractivity contribution is 0.449. The first-order valence-electron chi connectivity index (χ1n) is 4.84. The van der Waals surface area contributed by atoms with Crippen molar-refractivity contribution in [2.24, 2.45) is 5.14 Å². The van der Waals surface area contributed by atoms with Gasteiger partial charge >= 0.3 is 0 Å². The molecule has 88 valence electrons. The summed E-state index contributed by atoms with van der Waals surface area (Å²) in [6.45, 7) is 1.43. The van der Waals surface area contributed by atoms with Gasteiger partial charge in [-0.15, -0.1) is 0 Å². The number of nitrogens with one attached hydrogen (secondary N) is 1. The molecular weight excluding hydrogens is 230 g/mol. The summed E-state index contributed by atoms with van der Waals surface area (Å²) in [5.74, 6) is 0. The molecule has 0 aromatic heterocycles. The summed E-state index contributed by atoms with van der Waals surface area (Å²) in [4.78, 5) is 0.0232. The molecule has 0 amide bonds. The van der Waals surface area contributed by atoms with Crippen LogP contribution in [0.25, 0.3) is 0 Å². The number of nitrogens with zero attached hydrogens (tertiary/aromatic N) is 1. The maximum Gasteiger partial charge on any atom is 0.238 e. The third kappa shape index (κ3) is 2.08. The van der Waals surface area contributed by atoms with Gasteiger partial charge in [0.2, 0.25) is 10.0 Å². The standard InChI is InChI=1S/C9H13N3O3S/c10-16(14,15)9-3-1-8(2-4-9)12(13)6-5-11-7-12/h1-4,11H,5-7H2,(H2,10,14,15). The lowest BCUT2D eigenvalue weighted by Crippen LogP contribution is -2.41. The minimum Gasteiger partial charge on any atom is -0.626 e. The smallest absolute Gasteiger partial charge is 0.238 e. The molecular formula is C9H13N3O3S. The van der Waals surface area contributed by atoms with Crippen molar-refractivity contribution in [2.45, 2.75) is 4.90 Å². The fourth-order valence-electron chi connectivity index (χ4n) is 1.73. The highest BCUT2D eigenvalue weighted by atomic mass is 32.2. The Labute approximate surface area is 93.9 Å². The van der Waals surface area contributed by atoms with Crippen LogP contribution in [0.2, 0.25) is 0 Å². The summed E-state index contributed by atoms with van der Waals surface area (Å²) in [7, 11) is -3.69. The molecule has 7 heteroatoms. The zero-order valence-corrected chi connectivity index (χ0v) is 9.40. The lowest BCUT2D eigenvalue weighted by atomic mass is 10.3. The number of quaternary nitrogens is 1. The van der Waals surface area contributed by atoms with Crippen LogP contribution < -0.4 is 15.1 Å². The van der Waals surface area contributed by atoms with E-state index in [1.807, 2.05) is 0 Å². The van der Waals surface area contributed by atoms with Crippen LogP contribution in [0.1, 0.15) is 0 Å². The summed E-state index contributed by atoms with van der Waals surface area (Å²) >= 11 is 0. The number of nitrogens with two attached hydrogens (primary N) is 1. The van der Waals surface area contributed by atoms with Gasteiger partial charge in [0.1, 0.15) is 12.4 Å². The minimum absolute atomic E-state index is 0.0232. The molecule has 0 aliphatic carbocycles. The molecule has 16 heavy (non-hydrogen) atoms. The molecule has 6 nitrogen and oxygen atoms in total. The number of hydrogen-bond acceptors (Lipinski definition) is 4. The molecule has 1 unspecified atom stereocenters. The molecule has 3 N–H and O–H groups in total. The Morgan fingerprint density at radius 2 is 1.94 bits per heavy atom. The first kappa shape index (κ1) is 11.5. The van der Waals surface area contributed by atoms with Gasteiger partial charge in [-0.1, -0.05) is 0 Å². The quantitative estimate of drug-likeness (QED) is 0.550. The highest BCUT2D eigenvalue weighted by molar-refractivity contribution is 7.89. The zero-order valence-electron chi connectivity index (χ0n) is 8.59. The minimum atomic E-state index is -3.69. The number of rotatable bonds is 2. The van der Waals surface area contributed by atoms with Crippen LogP contribution in [-0.4, -0.2) is 28.2 Å². The summed E-state index contributed by atoms with van der Waals surface area (Å²) in [6.07, 6.45) is 0. The van der Waals surface area contributed by atoms with E-state index < -0.39 is 14.7 Å². The molecule has 0 spiro atoms. The summed E-state index contributed by atoms with van der Waals surface area (Å²) < 4.78 is 21.6. The van der Waals surface area contributed by atoms with E-state index in [4.69, 9.17) is 5.14 Å². The number of benzene rings is 1. The third-order valence-electron chi connectivity index (χ3n) is 2.65. The lowest BCUT2D eigenvalue weighted by Gasteiger charge is -2.36. The van der Waals surface area contributed by atoms with Crippen molar-refractivity contribution < 1.29 is 8.42 Å². The van der Waals surface area contributed by atoms with Crippen LogP contribution in [0.3, 0.4) is 0 Å². The Morgan fingerprint density at radius 1 is 1.31 bits per heavy atom. The second kappa shape index (κ2) is 3.79. The van der Waals surface area contributed by atoms with Gasteiger partial charge in [0, 0.05) is 12.1 Å². The van der Waals surface area contributed by atoms with Gasteiger partial charge < -0.3 is 9.85 Å². The Balaban J connectivity index is 2.33. The summed E-state index contributed by atoms with van der Waals surface area (Å²) in [5.41, 5.74) is 0.539. The van der Waals surface area contributed by atoms with E-state index in [9.17, 15) is 13.6 Å². The maximum atomic E-state index is 12.2. The van der Waals surface area contributed by atoms with Crippen molar-refractivity contribution in [1.29, 1.82) is 0 Å². The molecule has 2 rings (SSSR count). The fraction of sp³-hybridized carbons (Fsp3) is 0.333. The average Bonchev–Trinajstić information content (AvgIpc) is 2.66. The van der Waals surface area contributed by atoms with E-state index in [1.54, 1.807) is 0 Å². The first-order chi connectivity index (χ1) is 7.42. The summed E-state index contributed by atoms with van der Waals surface area (Å²) in [5, 5.41) is 20.1. The van der Waals surface area contributed by atoms with Crippen molar-refractivity contribution in [3.63, 3.8) is 0 Å². The van der Waals surface area contributed by atoms with E-state index in [0.717, 1.165) is 0 Å². The van der Waals surface area contributed by atoms with Gasteiger partial charge in [0.25, 0.3) is 0 Å². The van der Waals surface area contributed by atoms with Crippen LogP contribution in [0.4, 0.5) is 5.69 Å². The molecule has 1 saturated heterocycles. The predicted octanol–water partition coefficient (Wildman–Crippen LogP) is -0.300. The number of sulfonamides is 1. The van der Waals surface area contributed by atoms with Gasteiger partial charge in [-0.05, 0) is 12.1 Å². The molecule has 1 fully saturated rings. The molecule has 1 heterocycles. The fourth-order valence-corrected chi connectivity index (χ4v) is 2.24. The third-order valence-corrected chi connectivity index (χ3v) is 3.58. The van der Waals surface area contributed by atoms with Gasteiger partial charge in [0.15, 0.2) is 0 Å². The van der Waals surface area contributed by atoms with Gasteiger partial charge in [0.05, 0.1) is 18.0 Å². The predicted molar refractivity (Wildman–Crippen MR) is 60.7 cm³/mol. The zero-order chi connectivity index (χ0) is 11.8. The van der Waals surface area contributed by atoms with Crippen LogP contribution in [0.15, 0.2) is 29.2 Å². The Morgan fingerprint density at radius 3 is 2.38 bits per heavy atom. The van der Waals surface area contributed by atoms with Gasteiger partial charge in [-0.2, -0.15) is 0 Å². The highest BCUT2D eigenvalue weighted by Gasteiger charge is 2.25. The van der Waals surface area contributed by atoms with Crippen molar-refractivity contribution in [3.8, 4) is 0 Å². The van der Waals surface area contributed by atoms with E-state index in [-0.39, 0.29) is 4.90 Å². The van der Waals surface area contributed by atoms with E-state index >= 15 is 0 Å². The second-order valence-electron chi connectivity index (χ2n) is 3.81. The molecule has 1 atom stereocenters. The molecule has 0 bridgehead atoms. The van der Waals surface area contributed by atoms with Gasteiger partial charge in [-0.3, -0.25) is 5.32 Å². The number of hydroxylamine groups is 2. The Bertz CT molecular complexity index is 477. The topological polar surface area (TPSA) is 95.2 Å². The number of primary sulfonamides is 1. The van der Waals surface area contributed by atoms with E-state index in [1.165, 1.54) is 24.3 Å². The van der Waals surface area contributed by atoms with Crippen molar-refractivity contribution >= 4 is 15.7 Å². The van der Waals surface area contributed by atoms with Crippen LogP contribution in [0, 0.1) is 5.21 Å². The largest absolute Gasteiger partial charge is 0.626 e. The molecule has 0 radical (unpaired) electrons. The van der Waals surface area contributed by atoms with Crippen molar-refractivity contribution in [2.75, 3.05) is 19.8 Å². The average molecular weight is 243 g/mol. The normalized spacial score (nSPS) is 25.9. The SMILES string of the molecule is NS(=O)(=O)c1ccc([N+]2([O-])CCNC2)cc1. The molecule has 1 aromatic carbocycles. The van der Waals surface area contributed by atoms with E-state index in [0.29, 0.717) is 25.4 Å². The molecule has 1 aliphatic rings. The van der Waals surface area contributed by atoms with Crippen LogP contribution in [0.5, 0.6) is 0 Å². The van der Waals surface area contributed by atoms with Gasteiger partial charge in [-0.25, -0.2) is 13.6 Å². The molecule has 1 aliphatic heterocycles. The van der Waals surface area contributed by atoms with Crippen LogP contribution >= 0.6 is 0 Å². The first-order valence-corrected chi connectivity index (χ1v) is 6.39. The Kier molecular flexibility index (Phi) is 2.72. The Hall–Kier alpha value is -0.990. The van der Waals surface area contributed by atoms with Crippen molar-refractivity contribution in [1.82, 2.24) is 9.96 Å². The maximum absolute atomic E-state index is 12.2. The van der Waals surface area contributed by atoms with Crippen LogP contribution in [-0.2, 0) is 10.0 Å². The highest BCUT2D eigenvalue weighted by Crippen LogP contribution is 2.24. The van der Waals surface area contributed by atoms with E-state index in [2.05, 4.69) is 5.32 Å².